The second-order valence-corrected chi connectivity index (χ2v) is 4.31. The predicted molar refractivity (Wildman–Crippen MR) is 75.3 cm³/mol. The number of rotatable bonds is 3. The minimum atomic E-state index is -4.45. The van der Waals surface area contributed by atoms with E-state index in [9.17, 15) is 22.8 Å². The van der Waals surface area contributed by atoms with Crippen molar-refractivity contribution >= 4 is 12.1 Å². The first-order chi connectivity index (χ1) is 9.91. The van der Waals surface area contributed by atoms with Crippen molar-refractivity contribution in [3.8, 4) is 0 Å². The van der Waals surface area contributed by atoms with Gasteiger partial charge >= 0.3 is 18.4 Å². The highest BCUT2D eigenvalue weighted by atomic mass is 19.4. The van der Waals surface area contributed by atoms with Crippen molar-refractivity contribution in [1.82, 2.24) is 5.32 Å². The van der Waals surface area contributed by atoms with Crippen molar-refractivity contribution in [3.63, 3.8) is 0 Å². The Balaban J connectivity index is -0.000000339. The summed E-state index contributed by atoms with van der Waals surface area (Å²) in [6.07, 6.45) is -5.08. The summed E-state index contributed by atoms with van der Waals surface area (Å²) < 4.78 is 44.9. The van der Waals surface area contributed by atoms with Crippen LogP contribution >= 0.6 is 0 Å². The fourth-order valence-corrected chi connectivity index (χ4v) is 0.694. The Kier molecular flexibility index (Phi) is 15.2. The van der Waals surface area contributed by atoms with Crippen LogP contribution in [-0.4, -0.2) is 44.3 Å². The number of carbonyl (C=O) groups excluding carboxylic acids is 2. The summed E-state index contributed by atoms with van der Waals surface area (Å²) in [7, 11) is 1.25. The smallest absolute Gasteiger partial charge is 0.468 e. The summed E-state index contributed by atoms with van der Waals surface area (Å²) in [5.74, 6) is -0.508. The Bertz CT molecular complexity index is 301. The fourth-order valence-electron chi connectivity index (χ4n) is 0.694. The number of alkyl halides is 3. The standard InChI is InChI=1S/C8H15NO4.C3H5F3O.C2H6/c1-8(2,3)13-7(11)9-5-6(10)12-4;1-2-7-3(4,5)6;1-2/h5H2,1-4H3,(H,9,11);2H2,1H3;1-2H3. The molecule has 1 amide bonds. The van der Waals surface area contributed by atoms with Crippen molar-refractivity contribution in [2.75, 3.05) is 20.3 Å². The molecule has 1 N–H and O–H groups in total. The monoisotopic (exact) mass is 333 g/mol. The van der Waals surface area contributed by atoms with Gasteiger partial charge in [0.05, 0.1) is 13.7 Å². The molecule has 0 aromatic rings. The summed E-state index contributed by atoms with van der Waals surface area (Å²) in [5, 5.41) is 2.25. The van der Waals surface area contributed by atoms with E-state index in [1.54, 1.807) is 20.8 Å². The van der Waals surface area contributed by atoms with Gasteiger partial charge in [0.25, 0.3) is 0 Å². The number of alkyl carbamates (subject to hydrolysis) is 1. The van der Waals surface area contributed by atoms with Gasteiger partial charge in [-0.3, -0.25) is 9.53 Å². The highest BCUT2D eigenvalue weighted by Crippen LogP contribution is 2.14. The van der Waals surface area contributed by atoms with Gasteiger partial charge < -0.3 is 14.8 Å². The van der Waals surface area contributed by atoms with E-state index >= 15 is 0 Å². The second kappa shape index (κ2) is 13.2. The van der Waals surface area contributed by atoms with Gasteiger partial charge in [-0.25, -0.2) is 4.79 Å². The molecule has 0 heterocycles. The average molecular weight is 333 g/mol. The van der Waals surface area contributed by atoms with Crippen LogP contribution in [0.3, 0.4) is 0 Å². The first kappa shape index (κ1) is 25.4. The van der Waals surface area contributed by atoms with Gasteiger partial charge in [-0.2, -0.15) is 0 Å². The minimum absolute atomic E-state index is 0.175. The normalized spacial score (nSPS) is 10.3. The maximum atomic E-state index is 10.9. The van der Waals surface area contributed by atoms with Gasteiger partial charge in [-0.05, 0) is 27.7 Å². The molecule has 0 saturated carbocycles. The zero-order chi connectivity index (χ0) is 18.4. The molecule has 0 aromatic heterocycles. The van der Waals surface area contributed by atoms with Crippen molar-refractivity contribution in [2.45, 2.75) is 53.5 Å². The van der Waals surface area contributed by atoms with Gasteiger partial charge in [0, 0.05) is 0 Å². The molecule has 0 aliphatic rings. The Labute approximate surface area is 129 Å². The molecule has 0 aliphatic heterocycles. The highest BCUT2D eigenvalue weighted by molar-refractivity contribution is 5.77. The van der Waals surface area contributed by atoms with Crippen LogP contribution in [0.2, 0.25) is 0 Å². The molecule has 0 bridgehead atoms. The SMILES string of the molecule is CC.CCOC(F)(F)F.COC(=O)CNC(=O)OC(C)(C)C. The van der Waals surface area contributed by atoms with Crippen LogP contribution in [0.1, 0.15) is 41.5 Å². The Morgan fingerprint density at radius 2 is 1.55 bits per heavy atom. The van der Waals surface area contributed by atoms with Crippen LogP contribution in [-0.2, 0) is 19.0 Å². The third-order valence-corrected chi connectivity index (χ3v) is 1.31. The summed E-state index contributed by atoms with van der Waals surface area (Å²) in [6, 6.07) is 0. The molecule has 0 aliphatic carbocycles. The van der Waals surface area contributed by atoms with Crippen LogP contribution in [0.15, 0.2) is 0 Å². The highest BCUT2D eigenvalue weighted by Gasteiger charge is 2.27. The van der Waals surface area contributed by atoms with E-state index in [1.165, 1.54) is 14.0 Å². The topological polar surface area (TPSA) is 73.9 Å². The number of esters is 1. The van der Waals surface area contributed by atoms with Gasteiger partial charge in [-0.1, -0.05) is 13.8 Å². The van der Waals surface area contributed by atoms with E-state index in [0.717, 1.165) is 0 Å². The number of ether oxygens (including phenoxy) is 3. The molecule has 0 unspecified atom stereocenters. The minimum Gasteiger partial charge on any atom is -0.468 e. The zero-order valence-electron chi connectivity index (χ0n) is 14.1. The fraction of sp³-hybridized carbons (Fsp3) is 0.846. The molecule has 134 valence electrons. The van der Waals surface area contributed by atoms with E-state index in [1.807, 2.05) is 13.8 Å². The number of methoxy groups -OCH3 is 1. The van der Waals surface area contributed by atoms with E-state index in [4.69, 9.17) is 4.74 Å². The molecule has 0 aromatic carbocycles. The molecule has 0 radical (unpaired) electrons. The summed E-state index contributed by atoms with van der Waals surface area (Å²) >= 11 is 0. The lowest BCUT2D eigenvalue weighted by atomic mass is 10.2. The van der Waals surface area contributed by atoms with Crippen molar-refractivity contribution in [2.24, 2.45) is 0 Å². The Hall–Kier alpha value is -1.51. The third kappa shape index (κ3) is 26.9. The summed E-state index contributed by atoms with van der Waals surface area (Å²) in [4.78, 5) is 21.5. The van der Waals surface area contributed by atoms with Crippen LogP contribution in [0.25, 0.3) is 0 Å². The van der Waals surface area contributed by atoms with Gasteiger partial charge in [0.15, 0.2) is 0 Å². The van der Waals surface area contributed by atoms with Crippen molar-refractivity contribution < 1.29 is 37.0 Å². The van der Waals surface area contributed by atoms with Crippen LogP contribution in [0.5, 0.6) is 0 Å². The summed E-state index contributed by atoms with van der Waals surface area (Å²) in [6.45, 7) is 10.0. The van der Waals surface area contributed by atoms with Gasteiger partial charge in [-0.15, -0.1) is 13.2 Å². The zero-order valence-corrected chi connectivity index (χ0v) is 14.1. The van der Waals surface area contributed by atoms with Crippen LogP contribution in [0, 0.1) is 0 Å². The molecule has 22 heavy (non-hydrogen) atoms. The lowest BCUT2D eigenvalue weighted by Crippen LogP contribution is -2.35. The predicted octanol–water partition coefficient (Wildman–Crippen LogP) is 3.25. The van der Waals surface area contributed by atoms with E-state index < -0.39 is 24.0 Å². The molecular weight excluding hydrogens is 307 g/mol. The molecule has 0 saturated heterocycles. The largest absolute Gasteiger partial charge is 0.522 e. The molecule has 6 nitrogen and oxygen atoms in total. The number of halogens is 3. The number of amides is 1. The molecule has 9 heteroatoms. The van der Waals surface area contributed by atoms with E-state index in [-0.39, 0.29) is 13.2 Å². The first-order valence-corrected chi connectivity index (χ1v) is 6.65. The molecule has 0 fully saturated rings. The summed E-state index contributed by atoms with van der Waals surface area (Å²) in [5.41, 5.74) is -0.555. The van der Waals surface area contributed by atoms with Crippen molar-refractivity contribution in [3.05, 3.63) is 0 Å². The molecule has 0 atom stereocenters. The quantitative estimate of drug-likeness (QED) is 0.803. The number of hydrogen-bond acceptors (Lipinski definition) is 5. The molecule has 0 rings (SSSR count). The molecular formula is C13H26F3NO5. The number of carbonyl (C=O) groups is 2. The van der Waals surface area contributed by atoms with E-state index in [0.29, 0.717) is 0 Å². The number of nitrogens with one attached hydrogen (secondary N) is 1. The Morgan fingerprint density at radius 3 is 1.77 bits per heavy atom. The second-order valence-electron chi connectivity index (χ2n) is 4.31. The maximum absolute atomic E-state index is 10.9. The van der Waals surface area contributed by atoms with E-state index in [2.05, 4.69) is 14.8 Å². The lowest BCUT2D eigenvalue weighted by molar-refractivity contribution is -0.322. The van der Waals surface area contributed by atoms with Crippen LogP contribution in [0.4, 0.5) is 18.0 Å². The third-order valence-electron chi connectivity index (χ3n) is 1.31. The molecule has 0 spiro atoms. The van der Waals surface area contributed by atoms with Crippen LogP contribution < -0.4 is 5.32 Å². The Morgan fingerprint density at radius 1 is 1.09 bits per heavy atom. The first-order valence-electron chi connectivity index (χ1n) is 6.65. The van der Waals surface area contributed by atoms with Crippen molar-refractivity contribution in [1.29, 1.82) is 0 Å². The van der Waals surface area contributed by atoms with Gasteiger partial charge in [0.1, 0.15) is 12.1 Å². The number of hydrogen-bond donors (Lipinski definition) is 1. The van der Waals surface area contributed by atoms with Gasteiger partial charge in [0.2, 0.25) is 0 Å². The average Bonchev–Trinajstić information content (AvgIpc) is 2.35. The maximum Gasteiger partial charge on any atom is 0.522 e. The lowest BCUT2D eigenvalue weighted by Gasteiger charge is -2.19.